The summed E-state index contributed by atoms with van der Waals surface area (Å²) < 4.78 is 43.8. The van der Waals surface area contributed by atoms with Gasteiger partial charge in [-0.2, -0.15) is 4.39 Å². The molecule has 5 heteroatoms. The summed E-state index contributed by atoms with van der Waals surface area (Å²) in [6.07, 6.45) is 1.64. The van der Waals surface area contributed by atoms with E-state index in [1.807, 2.05) is 30.3 Å². The van der Waals surface area contributed by atoms with Gasteiger partial charge in [0.2, 0.25) is 5.82 Å². The topological polar surface area (TPSA) is 27.7 Å². The standard InChI is InChI=1S/C18H18F2O3/c1-21-13-7-14(8-13)23-15-9-16(19)18(20)17(10-15)22-11-12-5-3-2-4-6-12/h2-6,9-10,13-14H,7-8,11H2,1H3/t13-,14-. The zero-order chi connectivity index (χ0) is 16.2. The molecule has 1 fully saturated rings. The van der Waals surface area contributed by atoms with Gasteiger partial charge in [0.1, 0.15) is 18.5 Å². The highest BCUT2D eigenvalue weighted by Crippen LogP contribution is 2.32. The van der Waals surface area contributed by atoms with Crippen LogP contribution in [0.2, 0.25) is 0 Å². The van der Waals surface area contributed by atoms with Crippen LogP contribution in [-0.4, -0.2) is 19.3 Å². The molecule has 0 aliphatic heterocycles. The van der Waals surface area contributed by atoms with Gasteiger partial charge in [-0.1, -0.05) is 30.3 Å². The van der Waals surface area contributed by atoms with E-state index in [1.165, 1.54) is 6.07 Å². The van der Waals surface area contributed by atoms with Crippen LogP contribution in [0.3, 0.4) is 0 Å². The third-order valence-electron chi connectivity index (χ3n) is 3.89. The number of benzene rings is 2. The third-order valence-corrected chi connectivity index (χ3v) is 3.89. The van der Waals surface area contributed by atoms with Crippen LogP contribution < -0.4 is 9.47 Å². The molecule has 1 aliphatic carbocycles. The highest BCUT2D eigenvalue weighted by atomic mass is 19.2. The minimum absolute atomic E-state index is 0.0354. The first-order valence-electron chi connectivity index (χ1n) is 7.51. The van der Waals surface area contributed by atoms with E-state index in [0.717, 1.165) is 24.5 Å². The first-order chi connectivity index (χ1) is 11.2. The van der Waals surface area contributed by atoms with Crippen molar-refractivity contribution in [3.8, 4) is 11.5 Å². The van der Waals surface area contributed by atoms with Crippen molar-refractivity contribution in [2.45, 2.75) is 31.7 Å². The fourth-order valence-corrected chi connectivity index (χ4v) is 2.45. The van der Waals surface area contributed by atoms with Crippen LogP contribution in [0.1, 0.15) is 18.4 Å². The van der Waals surface area contributed by atoms with Crippen molar-refractivity contribution < 1.29 is 23.0 Å². The largest absolute Gasteiger partial charge is 0.490 e. The van der Waals surface area contributed by atoms with Gasteiger partial charge in [-0.3, -0.25) is 0 Å². The minimum Gasteiger partial charge on any atom is -0.490 e. The molecule has 1 aliphatic rings. The van der Waals surface area contributed by atoms with Crippen LogP contribution in [0.15, 0.2) is 42.5 Å². The van der Waals surface area contributed by atoms with Crippen molar-refractivity contribution in [2.24, 2.45) is 0 Å². The molecule has 0 bridgehead atoms. The van der Waals surface area contributed by atoms with Crippen LogP contribution in [0, 0.1) is 11.6 Å². The Labute approximate surface area is 133 Å². The zero-order valence-corrected chi connectivity index (χ0v) is 12.8. The van der Waals surface area contributed by atoms with E-state index < -0.39 is 11.6 Å². The summed E-state index contributed by atoms with van der Waals surface area (Å²) in [7, 11) is 1.65. The fourth-order valence-electron chi connectivity index (χ4n) is 2.45. The van der Waals surface area contributed by atoms with Gasteiger partial charge < -0.3 is 14.2 Å². The van der Waals surface area contributed by atoms with Crippen molar-refractivity contribution >= 4 is 0 Å². The van der Waals surface area contributed by atoms with Gasteiger partial charge in [0, 0.05) is 32.1 Å². The first-order valence-corrected chi connectivity index (χ1v) is 7.51. The number of hydrogen-bond acceptors (Lipinski definition) is 3. The Hall–Kier alpha value is -2.14. The average Bonchev–Trinajstić information content (AvgIpc) is 2.53. The van der Waals surface area contributed by atoms with Crippen LogP contribution in [0.4, 0.5) is 8.78 Å². The van der Waals surface area contributed by atoms with Crippen molar-refractivity contribution in [2.75, 3.05) is 7.11 Å². The predicted octanol–water partition coefficient (Wildman–Crippen LogP) is 4.10. The van der Waals surface area contributed by atoms with E-state index in [2.05, 4.69) is 0 Å². The van der Waals surface area contributed by atoms with Gasteiger partial charge in [0.25, 0.3) is 0 Å². The number of rotatable bonds is 6. The van der Waals surface area contributed by atoms with Gasteiger partial charge in [-0.25, -0.2) is 4.39 Å². The Morgan fingerprint density at radius 1 is 1.04 bits per heavy atom. The monoisotopic (exact) mass is 320 g/mol. The molecule has 0 atom stereocenters. The van der Waals surface area contributed by atoms with Crippen molar-refractivity contribution in [3.05, 3.63) is 59.7 Å². The smallest absolute Gasteiger partial charge is 0.200 e. The first kappa shape index (κ1) is 15.7. The summed E-state index contributed by atoms with van der Waals surface area (Å²) in [5.41, 5.74) is 0.876. The van der Waals surface area contributed by atoms with Crippen LogP contribution in [-0.2, 0) is 11.3 Å². The van der Waals surface area contributed by atoms with Crippen molar-refractivity contribution in [3.63, 3.8) is 0 Å². The van der Waals surface area contributed by atoms with E-state index in [4.69, 9.17) is 14.2 Å². The van der Waals surface area contributed by atoms with Crippen LogP contribution in [0.25, 0.3) is 0 Å². The summed E-state index contributed by atoms with van der Waals surface area (Å²) in [6, 6.07) is 11.7. The summed E-state index contributed by atoms with van der Waals surface area (Å²) in [5, 5.41) is 0. The molecule has 3 nitrogen and oxygen atoms in total. The molecule has 2 aromatic rings. The molecule has 2 aromatic carbocycles. The maximum absolute atomic E-state index is 13.9. The third kappa shape index (κ3) is 3.79. The number of ether oxygens (including phenoxy) is 3. The SMILES string of the molecule is CO[C@H]1C[C@H](Oc2cc(F)c(F)c(OCc3ccccc3)c2)C1. The van der Waals surface area contributed by atoms with Gasteiger partial charge in [-0.15, -0.1) is 0 Å². The predicted molar refractivity (Wildman–Crippen MR) is 81.6 cm³/mol. The highest BCUT2D eigenvalue weighted by Gasteiger charge is 2.31. The normalized spacial score (nSPS) is 20.0. The second kappa shape index (κ2) is 6.96. The second-order valence-corrected chi connectivity index (χ2v) is 5.56. The Morgan fingerprint density at radius 3 is 2.48 bits per heavy atom. The molecule has 0 heterocycles. The number of halogens is 2. The Balaban J connectivity index is 1.67. The van der Waals surface area contributed by atoms with Gasteiger partial charge in [0.05, 0.1) is 6.10 Å². The molecule has 0 unspecified atom stereocenters. The quantitative estimate of drug-likeness (QED) is 0.802. The molecule has 0 N–H and O–H groups in total. The second-order valence-electron chi connectivity index (χ2n) is 5.56. The van der Waals surface area contributed by atoms with Gasteiger partial charge in [0.15, 0.2) is 11.6 Å². The Bertz CT molecular complexity index is 655. The number of methoxy groups -OCH3 is 1. The Kier molecular flexibility index (Phi) is 4.76. The molecular weight excluding hydrogens is 302 g/mol. The van der Waals surface area contributed by atoms with E-state index in [0.29, 0.717) is 0 Å². The zero-order valence-electron chi connectivity index (χ0n) is 12.8. The molecule has 0 aromatic heterocycles. The lowest BCUT2D eigenvalue weighted by Gasteiger charge is -2.34. The van der Waals surface area contributed by atoms with Crippen LogP contribution >= 0.6 is 0 Å². The summed E-state index contributed by atoms with van der Waals surface area (Å²) in [6.45, 7) is 0.163. The molecule has 0 spiro atoms. The molecule has 23 heavy (non-hydrogen) atoms. The summed E-state index contributed by atoms with van der Waals surface area (Å²) >= 11 is 0. The van der Waals surface area contributed by atoms with Crippen molar-refractivity contribution in [1.29, 1.82) is 0 Å². The molecule has 122 valence electrons. The molecule has 0 amide bonds. The minimum atomic E-state index is -1.00. The molecular formula is C18H18F2O3. The maximum Gasteiger partial charge on any atom is 0.200 e. The Morgan fingerprint density at radius 2 is 1.78 bits per heavy atom. The van der Waals surface area contributed by atoms with E-state index in [-0.39, 0.29) is 30.3 Å². The molecule has 3 rings (SSSR count). The molecule has 0 saturated heterocycles. The molecule has 0 radical (unpaired) electrons. The van der Waals surface area contributed by atoms with Gasteiger partial charge >= 0.3 is 0 Å². The van der Waals surface area contributed by atoms with Crippen molar-refractivity contribution in [1.82, 2.24) is 0 Å². The molecule has 1 saturated carbocycles. The van der Waals surface area contributed by atoms with E-state index >= 15 is 0 Å². The lowest BCUT2D eigenvalue weighted by Crippen LogP contribution is -2.38. The average molecular weight is 320 g/mol. The summed E-state index contributed by atoms with van der Waals surface area (Å²) in [5.74, 6) is -1.86. The van der Waals surface area contributed by atoms with E-state index in [1.54, 1.807) is 7.11 Å². The lowest BCUT2D eigenvalue weighted by molar-refractivity contribution is -0.0382. The van der Waals surface area contributed by atoms with E-state index in [9.17, 15) is 8.78 Å². The highest BCUT2D eigenvalue weighted by molar-refractivity contribution is 5.36. The van der Waals surface area contributed by atoms with Gasteiger partial charge in [-0.05, 0) is 5.56 Å². The lowest BCUT2D eigenvalue weighted by atomic mass is 9.92. The number of hydrogen-bond donors (Lipinski definition) is 0. The fraction of sp³-hybridized carbons (Fsp3) is 0.333. The summed E-state index contributed by atoms with van der Waals surface area (Å²) in [4.78, 5) is 0. The van der Waals surface area contributed by atoms with Crippen LogP contribution in [0.5, 0.6) is 11.5 Å². The maximum atomic E-state index is 13.9.